The van der Waals surface area contributed by atoms with E-state index in [0.717, 1.165) is 27.6 Å². The SMILES string of the molecule is CCc1oc(=O)cc2c1[nH]c1ccccc12. The molecule has 0 atom stereocenters. The average molecular weight is 213 g/mol. The molecule has 0 radical (unpaired) electrons. The Hall–Kier alpha value is -2.03. The summed E-state index contributed by atoms with van der Waals surface area (Å²) >= 11 is 0. The molecule has 3 nitrogen and oxygen atoms in total. The van der Waals surface area contributed by atoms with Gasteiger partial charge in [-0.2, -0.15) is 0 Å². The minimum atomic E-state index is -0.283. The minimum absolute atomic E-state index is 0.283. The maximum atomic E-state index is 11.4. The molecule has 3 heteroatoms. The molecule has 0 saturated heterocycles. The van der Waals surface area contributed by atoms with Gasteiger partial charge in [-0.25, -0.2) is 4.79 Å². The Balaban J connectivity index is 2.59. The highest BCUT2D eigenvalue weighted by Gasteiger charge is 2.09. The number of fused-ring (bicyclic) bond motifs is 3. The van der Waals surface area contributed by atoms with Gasteiger partial charge >= 0.3 is 5.63 Å². The summed E-state index contributed by atoms with van der Waals surface area (Å²) in [6, 6.07) is 9.49. The molecule has 1 aromatic carbocycles. The second-order valence-electron chi connectivity index (χ2n) is 3.80. The molecule has 0 aliphatic carbocycles. The Kier molecular flexibility index (Phi) is 1.86. The second-order valence-corrected chi connectivity index (χ2v) is 3.80. The molecule has 2 heterocycles. The molecule has 0 amide bonds. The number of para-hydroxylation sites is 1. The predicted molar refractivity (Wildman–Crippen MR) is 63.7 cm³/mol. The third-order valence-electron chi connectivity index (χ3n) is 2.83. The number of hydrogen-bond acceptors (Lipinski definition) is 2. The average Bonchev–Trinajstić information content (AvgIpc) is 2.67. The third-order valence-corrected chi connectivity index (χ3v) is 2.83. The lowest BCUT2D eigenvalue weighted by molar-refractivity contribution is 0.472. The van der Waals surface area contributed by atoms with Crippen molar-refractivity contribution in [3.63, 3.8) is 0 Å². The van der Waals surface area contributed by atoms with E-state index in [2.05, 4.69) is 4.98 Å². The van der Waals surface area contributed by atoms with E-state index in [1.54, 1.807) is 6.07 Å². The summed E-state index contributed by atoms with van der Waals surface area (Å²) in [6.45, 7) is 1.98. The van der Waals surface area contributed by atoms with Crippen LogP contribution in [0.5, 0.6) is 0 Å². The van der Waals surface area contributed by atoms with E-state index in [0.29, 0.717) is 6.42 Å². The smallest absolute Gasteiger partial charge is 0.336 e. The predicted octanol–water partition coefficient (Wildman–Crippen LogP) is 2.84. The third kappa shape index (κ3) is 1.18. The quantitative estimate of drug-likeness (QED) is 0.675. The largest absolute Gasteiger partial charge is 0.426 e. The van der Waals surface area contributed by atoms with Crippen LogP contribution in [-0.2, 0) is 6.42 Å². The van der Waals surface area contributed by atoms with Gasteiger partial charge in [0.1, 0.15) is 5.76 Å². The van der Waals surface area contributed by atoms with Crippen molar-refractivity contribution in [2.24, 2.45) is 0 Å². The molecule has 16 heavy (non-hydrogen) atoms. The molecule has 0 fully saturated rings. The first kappa shape index (κ1) is 9.21. The van der Waals surface area contributed by atoms with Crippen LogP contribution < -0.4 is 5.63 Å². The molecule has 80 valence electrons. The zero-order chi connectivity index (χ0) is 11.1. The Bertz CT molecular complexity index is 721. The second kappa shape index (κ2) is 3.23. The van der Waals surface area contributed by atoms with Crippen LogP contribution in [0.25, 0.3) is 21.8 Å². The van der Waals surface area contributed by atoms with Gasteiger partial charge in [0, 0.05) is 28.8 Å². The number of hydrogen-bond donors (Lipinski definition) is 1. The highest BCUT2D eigenvalue weighted by molar-refractivity contribution is 6.07. The molecule has 0 aliphatic heterocycles. The lowest BCUT2D eigenvalue weighted by atomic mass is 10.1. The van der Waals surface area contributed by atoms with Crippen LogP contribution >= 0.6 is 0 Å². The van der Waals surface area contributed by atoms with Crippen molar-refractivity contribution >= 4 is 21.8 Å². The highest BCUT2D eigenvalue weighted by Crippen LogP contribution is 2.26. The number of aromatic nitrogens is 1. The van der Waals surface area contributed by atoms with Gasteiger partial charge in [-0.3, -0.25) is 0 Å². The van der Waals surface area contributed by atoms with Crippen LogP contribution in [0.3, 0.4) is 0 Å². The highest BCUT2D eigenvalue weighted by atomic mass is 16.4. The monoisotopic (exact) mass is 213 g/mol. The summed E-state index contributed by atoms with van der Waals surface area (Å²) in [5.41, 5.74) is 1.69. The zero-order valence-electron chi connectivity index (χ0n) is 8.91. The molecule has 0 spiro atoms. The first-order valence-electron chi connectivity index (χ1n) is 5.33. The maximum absolute atomic E-state index is 11.4. The van der Waals surface area contributed by atoms with Crippen molar-refractivity contribution in [3.05, 3.63) is 46.5 Å². The van der Waals surface area contributed by atoms with Gasteiger partial charge in [-0.05, 0) is 6.07 Å². The van der Waals surface area contributed by atoms with Crippen LogP contribution in [0.15, 0.2) is 39.5 Å². The van der Waals surface area contributed by atoms with Crippen molar-refractivity contribution in [1.82, 2.24) is 4.98 Å². The number of rotatable bonds is 1. The molecular formula is C13H11NO2. The molecule has 0 unspecified atom stereocenters. The standard InChI is InChI=1S/C13H11NO2/c1-2-11-13-9(7-12(15)16-11)8-5-3-4-6-10(8)14-13/h3-7,14H,2H2,1H3. The van der Waals surface area contributed by atoms with Crippen molar-refractivity contribution in [1.29, 1.82) is 0 Å². The Morgan fingerprint density at radius 1 is 1.25 bits per heavy atom. The van der Waals surface area contributed by atoms with E-state index in [1.165, 1.54) is 0 Å². The number of aryl methyl sites for hydroxylation is 1. The molecule has 0 saturated carbocycles. The molecule has 2 aromatic heterocycles. The van der Waals surface area contributed by atoms with Crippen LogP contribution in [0.4, 0.5) is 0 Å². The van der Waals surface area contributed by atoms with Gasteiger partial charge in [0.05, 0.1) is 5.52 Å². The molecule has 0 aliphatic rings. The Labute approximate surface area is 91.7 Å². The number of benzene rings is 1. The topological polar surface area (TPSA) is 46.0 Å². The Morgan fingerprint density at radius 3 is 2.88 bits per heavy atom. The first-order valence-corrected chi connectivity index (χ1v) is 5.33. The number of H-pyrrole nitrogens is 1. The lowest BCUT2D eigenvalue weighted by Crippen LogP contribution is -1.98. The summed E-state index contributed by atoms with van der Waals surface area (Å²) in [5, 5.41) is 2.02. The Morgan fingerprint density at radius 2 is 2.06 bits per heavy atom. The maximum Gasteiger partial charge on any atom is 0.336 e. The fourth-order valence-electron chi connectivity index (χ4n) is 2.10. The number of nitrogens with one attached hydrogen (secondary N) is 1. The molecule has 1 N–H and O–H groups in total. The van der Waals surface area contributed by atoms with Gasteiger partial charge in [-0.15, -0.1) is 0 Å². The summed E-state index contributed by atoms with van der Waals surface area (Å²) in [5.74, 6) is 0.721. The fourth-order valence-corrected chi connectivity index (χ4v) is 2.10. The number of aromatic amines is 1. The van der Waals surface area contributed by atoms with Crippen LogP contribution in [0.2, 0.25) is 0 Å². The van der Waals surface area contributed by atoms with E-state index < -0.39 is 0 Å². The first-order chi connectivity index (χ1) is 7.79. The summed E-state index contributed by atoms with van der Waals surface area (Å²) in [6.07, 6.45) is 0.708. The van der Waals surface area contributed by atoms with E-state index in [1.807, 2.05) is 31.2 Å². The van der Waals surface area contributed by atoms with Crippen molar-refractivity contribution < 1.29 is 4.42 Å². The van der Waals surface area contributed by atoms with Crippen molar-refractivity contribution in [3.8, 4) is 0 Å². The summed E-state index contributed by atoms with van der Waals surface area (Å²) < 4.78 is 5.18. The van der Waals surface area contributed by atoms with E-state index in [4.69, 9.17) is 4.42 Å². The van der Waals surface area contributed by atoms with Gasteiger partial charge in [-0.1, -0.05) is 25.1 Å². The minimum Gasteiger partial charge on any atom is -0.426 e. The van der Waals surface area contributed by atoms with Crippen molar-refractivity contribution in [2.75, 3.05) is 0 Å². The van der Waals surface area contributed by atoms with Gasteiger partial charge in [0.25, 0.3) is 0 Å². The van der Waals surface area contributed by atoms with Gasteiger partial charge in [0.2, 0.25) is 0 Å². The normalized spacial score (nSPS) is 11.3. The van der Waals surface area contributed by atoms with Crippen LogP contribution in [0.1, 0.15) is 12.7 Å². The van der Waals surface area contributed by atoms with E-state index in [-0.39, 0.29) is 5.63 Å². The summed E-state index contributed by atoms with van der Waals surface area (Å²) in [7, 11) is 0. The van der Waals surface area contributed by atoms with E-state index in [9.17, 15) is 4.79 Å². The molecule has 3 aromatic rings. The van der Waals surface area contributed by atoms with Crippen LogP contribution in [-0.4, -0.2) is 4.98 Å². The summed E-state index contributed by atoms with van der Waals surface area (Å²) in [4.78, 5) is 14.7. The lowest BCUT2D eigenvalue weighted by Gasteiger charge is -1.96. The van der Waals surface area contributed by atoms with Gasteiger partial charge < -0.3 is 9.40 Å². The van der Waals surface area contributed by atoms with Crippen LogP contribution in [0, 0.1) is 0 Å². The molecule has 3 rings (SSSR count). The molecular weight excluding hydrogens is 202 g/mol. The van der Waals surface area contributed by atoms with Crippen molar-refractivity contribution in [2.45, 2.75) is 13.3 Å². The zero-order valence-corrected chi connectivity index (χ0v) is 8.91. The van der Waals surface area contributed by atoms with Gasteiger partial charge in [0.15, 0.2) is 0 Å². The fraction of sp³-hybridized carbons (Fsp3) is 0.154. The van der Waals surface area contributed by atoms with E-state index >= 15 is 0 Å². The molecule has 0 bridgehead atoms.